The third-order valence-corrected chi connectivity index (χ3v) is 1.91. The number of carboxylic acid groups (broad SMARTS) is 2. The molecule has 82 valence electrons. The highest BCUT2D eigenvalue weighted by atomic mass is 16.4. The lowest BCUT2D eigenvalue weighted by molar-refractivity contribution is -0.148. The summed E-state index contributed by atoms with van der Waals surface area (Å²) in [5.41, 5.74) is 5.22. The Morgan fingerprint density at radius 1 is 1.36 bits per heavy atom. The summed E-state index contributed by atoms with van der Waals surface area (Å²) in [5, 5.41) is 17.2. The van der Waals surface area contributed by atoms with Crippen LogP contribution in [0.4, 0.5) is 0 Å². The minimum Gasteiger partial charge on any atom is -0.481 e. The molecular formula is C9H17NO4. The van der Waals surface area contributed by atoms with Gasteiger partial charge in [-0.1, -0.05) is 0 Å². The van der Waals surface area contributed by atoms with Crippen molar-refractivity contribution < 1.29 is 19.8 Å². The fourth-order valence-electron chi connectivity index (χ4n) is 1.07. The molecule has 0 amide bonds. The van der Waals surface area contributed by atoms with Crippen LogP contribution in [-0.4, -0.2) is 27.7 Å². The Hall–Kier alpha value is -1.10. The van der Waals surface area contributed by atoms with Gasteiger partial charge >= 0.3 is 11.9 Å². The molecule has 14 heavy (non-hydrogen) atoms. The number of hydrogen-bond donors (Lipinski definition) is 3. The fourth-order valence-corrected chi connectivity index (χ4v) is 1.07. The van der Waals surface area contributed by atoms with E-state index in [4.69, 9.17) is 15.9 Å². The molecule has 0 aromatic heterocycles. The van der Waals surface area contributed by atoms with E-state index in [9.17, 15) is 9.59 Å². The van der Waals surface area contributed by atoms with E-state index in [1.54, 1.807) is 13.8 Å². The van der Waals surface area contributed by atoms with E-state index in [1.807, 2.05) is 0 Å². The Bertz CT molecular complexity index is 219. The average Bonchev–Trinajstić information content (AvgIpc) is 1.94. The van der Waals surface area contributed by atoms with Crippen molar-refractivity contribution in [3.63, 3.8) is 0 Å². The van der Waals surface area contributed by atoms with Crippen molar-refractivity contribution in [2.45, 2.75) is 38.6 Å². The minimum atomic E-state index is -1.09. The summed E-state index contributed by atoms with van der Waals surface area (Å²) < 4.78 is 0. The number of aliphatic carboxylic acids is 2. The first-order valence-electron chi connectivity index (χ1n) is 4.46. The van der Waals surface area contributed by atoms with Crippen molar-refractivity contribution in [2.24, 2.45) is 11.7 Å². The van der Waals surface area contributed by atoms with Gasteiger partial charge in [0.2, 0.25) is 0 Å². The Labute approximate surface area is 82.9 Å². The first kappa shape index (κ1) is 12.9. The van der Waals surface area contributed by atoms with Crippen molar-refractivity contribution >= 4 is 11.9 Å². The van der Waals surface area contributed by atoms with Crippen molar-refractivity contribution in [3.8, 4) is 0 Å². The molecule has 0 spiro atoms. The maximum absolute atomic E-state index is 10.6. The van der Waals surface area contributed by atoms with Crippen molar-refractivity contribution in [1.29, 1.82) is 0 Å². The predicted octanol–water partition coefficient (Wildman–Crippen LogP) is 0.679. The lowest BCUT2D eigenvalue weighted by Gasteiger charge is -2.20. The van der Waals surface area contributed by atoms with Crippen LogP contribution in [0.1, 0.15) is 33.1 Å². The van der Waals surface area contributed by atoms with Crippen LogP contribution in [0.3, 0.4) is 0 Å². The zero-order chi connectivity index (χ0) is 11.4. The highest BCUT2D eigenvalue weighted by Crippen LogP contribution is 2.17. The molecule has 0 saturated heterocycles. The summed E-state index contributed by atoms with van der Waals surface area (Å²) in [7, 11) is 0. The van der Waals surface area contributed by atoms with Crippen LogP contribution >= 0.6 is 0 Å². The largest absolute Gasteiger partial charge is 0.481 e. The van der Waals surface area contributed by atoms with Crippen LogP contribution in [-0.2, 0) is 9.59 Å². The van der Waals surface area contributed by atoms with E-state index in [2.05, 4.69) is 0 Å². The van der Waals surface area contributed by atoms with Crippen LogP contribution < -0.4 is 5.73 Å². The molecule has 0 aliphatic carbocycles. The monoisotopic (exact) mass is 203 g/mol. The Kier molecular flexibility index (Phi) is 4.56. The first-order valence-corrected chi connectivity index (χ1v) is 4.46. The standard InChI is InChI=1S/C9H17NO4/c1-9(2,10)4-3-6(8(13)14)5-7(11)12/h6H,3-5,10H2,1-2H3,(H,11,12)(H,13,14). The molecule has 0 radical (unpaired) electrons. The summed E-state index contributed by atoms with van der Waals surface area (Å²) in [6.45, 7) is 3.57. The van der Waals surface area contributed by atoms with E-state index in [0.29, 0.717) is 12.8 Å². The van der Waals surface area contributed by atoms with Crippen molar-refractivity contribution in [3.05, 3.63) is 0 Å². The summed E-state index contributed by atoms with van der Waals surface area (Å²) in [4.78, 5) is 21.0. The third kappa shape index (κ3) is 6.42. The zero-order valence-electron chi connectivity index (χ0n) is 8.49. The lowest BCUT2D eigenvalue weighted by atomic mass is 9.91. The number of nitrogens with two attached hydrogens (primary N) is 1. The molecule has 0 rings (SSSR count). The second-order valence-electron chi connectivity index (χ2n) is 4.16. The van der Waals surface area contributed by atoms with E-state index in [-0.39, 0.29) is 6.42 Å². The molecule has 0 aliphatic heterocycles. The maximum atomic E-state index is 10.6. The van der Waals surface area contributed by atoms with Crippen LogP contribution in [0.15, 0.2) is 0 Å². The Morgan fingerprint density at radius 3 is 2.14 bits per heavy atom. The molecule has 5 nitrogen and oxygen atoms in total. The average molecular weight is 203 g/mol. The van der Waals surface area contributed by atoms with E-state index >= 15 is 0 Å². The van der Waals surface area contributed by atoms with Crippen LogP contribution in [0.2, 0.25) is 0 Å². The molecule has 0 aliphatic rings. The number of hydrogen-bond acceptors (Lipinski definition) is 3. The van der Waals surface area contributed by atoms with Gasteiger partial charge in [-0.3, -0.25) is 9.59 Å². The molecular weight excluding hydrogens is 186 g/mol. The third-order valence-electron chi connectivity index (χ3n) is 1.91. The topological polar surface area (TPSA) is 101 Å². The normalized spacial score (nSPS) is 13.6. The first-order chi connectivity index (χ1) is 6.22. The summed E-state index contributed by atoms with van der Waals surface area (Å²) >= 11 is 0. The zero-order valence-corrected chi connectivity index (χ0v) is 8.49. The molecule has 0 aromatic carbocycles. The van der Waals surface area contributed by atoms with Gasteiger partial charge in [0.25, 0.3) is 0 Å². The van der Waals surface area contributed by atoms with E-state index < -0.39 is 23.4 Å². The second kappa shape index (κ2) is 4.95. The molecule has 0 bridgehead atoms. The fraction of sp³-hybridized carbons (Fsp3) is 0.778. The summed E-state index contributed by atoms with van der Waals surface area (Å²) in [6, 6.07) is 0. The highest BCUT2D eigenvalue weighted by molar-refractivity contribution is 5.77. The molecule has 4 N–H and O–H groups in total. The molecule has 1 unspecified atom stereocenters. The molecule has 5 heteroatoms. The van der Waals surface area contributed by atoms with E-state index in [0.717, 1.165) is 0 Å². The molecule has 0 aromatic rings. The smallest absolute Gasteiger partial charge is 0.307 e. The molecule has 0 saturated carbocycles. The van der Waals surface area contributed by atoms with Gasteiger partial charge in [-0.25, -0.2) is 0 Å². The highest BCUT2D eigenvalue weighted by Gasteiger charge is 2.23. The minimum absolute atomic E-state index is 0.297. The van der Waals surface area contributed by atoms with Crippen molar-refractivity contribution in [1.82, 2.24) is 0 Å². The quantitative estimate of drug-likeness (QED) is 0.589. The van der Waals surface area contributed by atoms with E-state index in [1.165, 1.54) is 0 Å². The molecule has 1 atom stereocenters. The van der Waals surface area contributed by atoms with Gasteiger partial charge in [-0.2, -0.15) is 0 Å². The Morgan fingerprint density at radius 2 is 1.86 bits per heavy atom. The van der Waals surface area contributed by atoms with Gasteiger partial charge < -0.3 is 15.9 Å². The van der Waals surface area contributed by atoms with Crippen LogP contribution in [0, 0.1) is 5.92 Å². The van der Waals surface area contributed by atoms with Crippen LogP contribution in [0.5, 0.6) is 0 Å². The number of carboxylic acids is 2. The van der Waals surface area contributed by atoms with Gasteiger partial charge in [0.15, 0.2) is 0 Å². The summed E-state index contributed by atoms with van der Waals surface area (Å²) in [6.07, 6.45) is 0.452. The SMILES string of the molecule is CC(C)(N)CCC(CC(=O)O)C(=O)O. The molecule has 0 heterocycles. The lowest BCUT2D eigenvalue weighted by Crippen LogP contribution is -2.33. The number of rotatable bonds is 6. The molecule has 0 fully saturated rings. The second-order valence-corrected chi connectivity index (χ2v) is 4.16. The number of carbonyl (C=O) groups is 2. The van der Waals surface area contributed by atoms with Gasteiger partial charge in [-0.15, -0.1) is 0 Å². The Balaban J connectivity index is 4.11. The van der Waals surface area contributed by atoms with Crippen molar-refractivity contribution in [2.75, 3.05) is 0 Å². The van der Waals surface area contributed by atoms with Gasteiger partial charge in [0.1, 0.15) is 0 Å². The summed E-state index contributed by atoms with van der Waals surface area (Å²) in [5.74, 6) is -3.00. The van der Waals surface area contributed by atoms with Gasteiger partial charge in [0, 0.05) is 5.54 Å². The van der Waals surface area contributed by atoms with Gasteiger partial charge in [0.05, 0.1) is 12.3 Å². The maximum Gasteiger partial charge on any atom is 0.307 e. The van der Waals surface area contributed by atoms with Gasteiger partial charge in [-0.05, 0) is 26.7 Å². The van der Waals surface area contributed by atoms with Crippen LogP contribution in [0.25, 0.3) is 0 Å². The predicted molar refractivity (Wildman–Crippen MR) is 50.9 cm³/mol.